The van der Waals surface area contributed by atoms with Crippen molar-refractivity contribution in [3.05, 3.63) is 42.3 Å². The Morgan fingerprint density at radius 3 is 2.88 bits per heavy atom. The maximum absolute atomic E-state index is 3.56. The van der Waals surface area contributed by atoms with Crippen LogP contribution in [0, 0.1) is 2.88 Å². The SMILES string of the molecule is CCNC(Cc1cccs1)c1csc(I)c1. The van der Waals surface area contributed by atoms with Gasteiger partial charge in [0, 0.05) is 17.3 Å². The molecule has 2 aromatic rings. The molecule has 0 aliphatic carbocycles. The minimum atomic E-state index is 0.461. The second-order valence-electron chi connectivity index (χ2n) is 3.58. The molecule has 1 N–H and O–H groups in total. The van der Waals surface area contributed by atoms with Gasteiger partial charge in [-0.3, -0.25) is 0 Å². The topological polar surface area (TPSA) is 12.0 Å². The van der Waals surface area contributed by atoms with Gasteiger partial charge in [-0.1, -0.05) is 13.0 Å². The van der Waals surface area contributed by atoms with Crippen LogP contribution in [-0.2, 0) is 6.42 Å². The quantitative estimate of drug-likeness (QED) is 0.781. The molecule has 0 aliphatic rings. The van der Waals surface area contributed by atoms with E-state index < -0.39 is 0 Å². The van der Waals surface area contributed by atoms with Gasteiger partial charge >= 0.3 is 0 Å². The third kappa shape index (κ3) is 3.29. The number of halogens is 1. The number of hydrogen-bond donors (Lipinski definition) is 1. The van der Waals surface area contributed by atoms with Crippen LogP contribution in [0.2, 0.25) is 0 Å². The maximum Gasteiger partial charge on any atom is 0.0656 e. The van der Waals surface area contributed by atoms with E-state index in [1.54, 1.807) is 0 Å². The van der Waals surface area contributed by atoms with E-state index in [1.165, 1.54) is 13.3 Å². The number of nitrogens with one attached hydrogen (secondary N) is 1. The smallest absolute Gasteiger partial charge is 0.0656 e. The first kappa shape index (κ1) is 12.5. The Kier molecular flexibility index (Phi) is 4.81. The van der Waals surface area contributed by atoms with Gasteiger partial charge in [-0.2, -0.15) is 0 Å². The van der Waals surface area contributed by atoms with Crippen LogP contribution in [0.5, 0.6) is 0 Å². The molecule has 0 radical (unpaired) electrons. The molecule has 0 amide bonds. The lowest BCUT2D eigenvalue weighted by atomic mass is 10.1. The third-order valence-corrected chi connectivity index (χ3v) is 5.13. The second-order valence-corrected chi connectivity index (χ2v) is 7.42. The van der Waals surface area contributed by atoms with Crippen molar-refractivity contribution in [2.45, 2.75) is 19.4 Å². The van der Waals surface area contributed by atoms with Crippen LogP contribution in [0.1, 0.15) is 23.4 Å². The van der Waals surface area contributed by atoms with Gasteiger partial charge in [-0.25, -0.2) is 0 Å². The van der Waals surface area contributed by atoms with Gasteiger partial charge < -0.3 is 5.32 Å². The summed E-state index contributed by atoms with van der Waals surface area (Å²) in [4.78, 5) is 1.45. The lowest BCUT2D eigenvalue weighted by molar-refractivity contribution is 0.555. The van der Waals surface area contributed by atoms with Crippen molar-refractivity contribution in [2.75, 3.05) is 6.54 Å². The Morgan fingerprint density at radius 2 is 2.31 bits per heavy atom. The van der Waals surface area contributed by atoms with E-state index in [2.05, 4.69) is 63.8 Å². The molecule has 0 saturated carbocycles. The lowest BCUT2D eigenvalue weighted by Gasteiger charge is -2.15. The van der Waals surface area contributed by atoms with E-state index in [1.807, 2.05) is 22.7 Å². The number of thiophene rings is 2. The predicted molar refractivity (Wildman–Crippen MR) is 81.5 cm³/mol. The molecule has 0 saturated heterocycles. The average Bonchev–Trinajstić information content (AvgIpc) is 2.88. The van der Waals surface area contributed by atoms with Crippen LogP contribution in [0.25, 0.3) is 0 Å². The van der Waals surface area contributed by atoms with Crippen LogP contribution in [-0.4, -0.2) is 6.54 Å². The van der Waals surface area contributed by atoms with Crippen molar-refractivity contribution < 1.29 is 0 Å². The molecule has 2 aromatic heterocycles. The summed E-state index contributed by atoms with van der Waals surface area (Å²) in [5, 5.41) is 7.98. The zero-order valence-corrected chi connectivity index (χ0v) is 12.9. The van der Waals surface area contributed by atoms with Gasteiger partial charge in [0.25, 0.3) is 0 Å². The first-order valence-electron chi connectivity index (χ1n) is 5.29. The second kappa shape index (κ2) is 6.14. The molecule has 2 heterocycles. The minimum absolute atomic E-state index is 0.461. The van der Waals surface area contributed by atoms with Crippen molar-refractivity contribution in [3.63, 3.8) is 0 Å². The molecule has 16 heavy (non-hydrogen) atoms. The summed E-state index contributed by atoms with van der Waals surface area (Å²) in [6.07, 6.45) is 1.10. The molecular formula is C12H14INS2. The summed E-state index contributed by atoms with van der Waals surface area (Å²) in [6.45, 7) is 3.18. The molecule has 2 rings (SSSR count). The molecule has 1 unspecified atom stereocenters. The highest BCUT2D eigenvalue weighted by Gasteiger charge is 2.13. The molecule has 0 aliphatic heterocycles. The van der Waals surface area contributed by atoms with Crippen molar-refractivity contribution in [1.82, 2.24) is 5.32 Å². The molecule has 1 nitrogen and oxygen atoms in total. The van der Waals surface area contributed by atoms with E-state index >= 15 is 0 Å². The van der Waals surface area contributed by atoms with E-state index in [0.717, 1.165) is 13.0 Å². The van der Waals surface area contributed by atoms with Gasteiger partial charge in [0.05, 0.1) is 2.88 Å². The fourth-order valence-corrected chi connectivity index (χ4v) is 3.87. The first-order chi connectivity index (χ1) is 7.79. The van der Waals surface area contributed by atoms with E-state index in [9.17, 15) is 0 Å². The molecule has 1 atom stereocenters. The minimum Gasteiger partial charge on any atom is -0.310 e. The molecule has 4 heteroatoms. The summed E-state index contributed by atoms with van der Waals surface area (Å²) >= 11 is 6.05. The summed E-state index contributed by atoms with van der Waals surface area (Å²) < 4.78 is 1.36. The number of likely N-dealkylation sites (N-methyl/N-ethyl adjacent to an activating group) is 1. The maximum atomic E-state index is 3.56. The Hall–Kier alpha value is 0.0900. The van der Waals surface area contributed by atoms with Crippen LogP contribution < -0.4 is 5.32 Å². The Labute approximate surface area is 118 Å². The summed E-state index contributed by atoms with van der Waals surface area (Å²) in [5.74, 6) is 0. The molecule has 0 fully saturated rings. The lowest BCUT2D eigenvalue weighted by Crippen LogP contribution is -2.22. The van der Waals surface area contributed by atoms with Crippen molar-refractivity contribution in [1.29, 1.82) is 0 Å². The number of rotatable bonds is 5. The van der Waals surface area contributed by atoms with Crippen LogP contribution in [0.3, 0.4) is 0 Å². The zero-order valence-electron chi connectivity index (χ0n) is 9.07. The van der Waals surface area contributed by atoms with E-state index in [0.29, 0.717) is 6.04 Å². The Balaban J connectivity index is 2.11. The van der Waals surface area contributed by atoms with Crippen molar-refractivity contribution in [3.8, 4) is 0 Å². The summed E-state index contributed by atoms with van der Waals surface area (Å²) in [6, 6.07) is 7.09. The summed E-state index contributed by atoms with van der Waals surface area (Å²) in [7, 11) is 0. The van der Waals surface area contributed by atoms with Crippen molar-refractivity contribution in [2.24, 2.45) is 0 Å². The summed E-state index contributed by atoms with van der Waals surface area (Å²) in [5.41, 5.74) is 1.42. The van der Waals surface area contributed by atoms with Crippen LogP contribution >= 0.6 is 45.3 Å². The Bertz CT molecular complexity index is 422. The number of hydrogen-bond acceptors (Lipinski definition) is 3. The normalized spacial score (nSPS) is 12.9. The van der Waals surface area contributed by atoms with Crippen LogP contribution in [0.4, 0.5) is 0 Å². The predicted octanol–water partition coefficient (Wildman–Crippen LogP) is 4.31. The van der Waals surface area contributed by atoms with E-state index in [-0.39, 0.29) is 0 Å². The monoisotopic (exact) mass is 363 g/mol. The van der Waals surface area contributed by atoms with Gasteiger partial charge in [0.1, 0.15) is 0 Å². The molecule has 0 spiro atoms. The zero-order chi connectivity index (χ0) is 11.4. The van der Waals surface area contributed by atoms with Gasteiger partial charge in [-0.05, 0) is 57.6 Å². The largest absolute Gasteiger partial charge is 0.310 e. The molecule has 0 bridgehead atoms. The van der Waals surface area contributed by atoms with Crippen LogP contribution in [0.15, 0.2) is 29.0 Å². The molecule has 86 valence electrons. The highest BCUT2D eigenvalue weighted by atomic mass is 127. The standard InChI is InChI=1S/C12H14INS2/c1-2-14-11(7-10-4-3-5-15-10)9-6-12(13)16-8-9/h3-6,8,11,14H,2,7H2,1H3. The highest BCUT2D eigenvalue weighted by Crippen LogP contribution is 2.26. The van der Waals surface area contributed by atoms with Crippen molar-refractivity contribution >= 4 is 45.3 Å². The average molecular weight is 363 g/mol. The van der Waals surface area contributed by atoms with Gasteiger partial charge in [0.2, 0.25) is 0 Å². The van der Waals surface area contributed by atoms with Gasteiger partial charge in [0.15, 0.2) is 0 Å². The Morgan fingerprint density at radius 1 is 1.44 bits per heavy atom. The fraction of sp³-hybridized carbons (Fsp3) is 0.333. The highest BCUT2D eigenvalue weighted by molar-refractivity contribution is 14.1. The third-order valence-electron chi connectivity index (χ3n) is 2.43. The fourth-order valence-electron chi connectivity index (χ4n) is 1.69. The molecule has 0 aromatic carbocycles. The molecular weight excluding hydrogens is 349 g/mol. The first-order valence-corrected chi connectivity index (χ1v) is 8.13. The van der Waals surface area contributed by atoms with E-state index in [4.69, 9.17) is 0 Å². The van der Waals surface area contributed by atoms with Gasteiger partial charge in [-0.15, -0.1) is 22.7 Å².